The molecule has 0 amide bonds. The van der Waals surface area contributed by atoms with E-state index in [1.807, 2.05) is 12.2 Å². The van der Waals surface area contributed by atoms with E-state index >= 15 is 0 Å². The number of allylic oxidation sites excluding steroid dienone is 3. The molecule has 1 nitrogen and oxygen atoms in total. The third-order valence-corrected chi connectivity index (χ3v) is 2.44. The van der Waals surface area contributed by atoms with E-state index in [4.69, 9.17) is 0 Å². The summed E-state index contributed by atoms with van der Waals surface area (Å²) in [7, 11) is 0. The van der Waals surface area contributed by atoms with Crippen molar-refractivity contribution in [2.24, 2.45) is 5.92 Å². The molecule has 0 N–H and O–H groups in total. The monoisotopic (exact) mass is 164 g/mol. The van der Waals surface area contributed by atoms with Crippen molar-refractivity contribution in [2.75, 3.05) is 0 Å². The minimum Gasteiger partial charge on any atom is -0.295 e. The number of carbonyl (C=O) groups excluding carboxylic acids is 1. The van der Waals surface area contributed by atoms with Crippen LogP contribution in [0.25, 0.3) is 0 Å². The van der Waals surface area contributed by atoms with Gasteiger partial charge in [0.15, 0.2) is 5.78 Å². The van der Waals surface area contributed by atoms with Gasteiger partial charge in [0.05, 0.1) is 0 Å². The van der Waals surface area contributed by atoms with Crippen LogP contribution < -0.4 is 0 Å². The van der Waals surface area contributed by atoms with E-state index < -0.39 is 0 Å². The van der Waals surface area contributed by atoms with Gasteiger partial charge in [-0.2, -0.15) is 0 Å². The first-order chi connectivity index (χ1) is 5.74. The molecule has 0 spiro atoms. The third-order valence-electron chi connectivity index (χ3n) is 2.44. The zero-order chi connectivity index (χ0) is 8.97. The molecule has 1 aliphatic carbocycles. The minimum atomic E-state index is 0.298. The van der Waals surface area contributed by atoms with Crippen molar-refractivity contribution in [2.45, 2.75) is 32.6 Å². The second-order valence-corrected chi connectivity index (χ2v) is 3.45. The number of carbonyl (C=O) groups is 1. The summed E-state index contributed by atoms with van der Waals surface area (Å²) in [6.07, 6.45) is 7.50. The highest BCUT2D eigenvalue weighted by Crippen LogP contribution is 2.25. The molecule has 1 rings (SSSR count). The summed E-state index contributed by atoms with van der Waals surface area (Å²) in [5, 5.41) is 0. The van der Waals surface area contributed by atoms with Gasteiger partial charge in [-0.05, 0) is 31.3 Å². The van der Waals surface area contributed by atoms with E-state index in [2.05, 4.69) is 13.5 Å². The Morgan fingerprint density at radius 3 is 3.17 bits per heavy atom. The van der Waals surface area contributed by atoms with Gasteiger partial charge in [-0.25, -0.2) is 0 Å². The quantitative estimate of drug-likeness (QED) is 0.586. The van der Waals surface area contributed by atoms with Crippen molar-refractivity contribution in [3.63, 3.8) is 0 Å². The maximum Gasteiger partial charge on any atom is 0.155 e. The topological polar surface area (TPSA) is 17.1 Å². The zero-order valence-electron chi connectivity index (χ0n) is 7.68. The lowest BCUT2D eigenvalue weighted by Crippen LogP contribution is -2.11. The summed E-state index contributed by atoms with van der Waals surface area (Å²) >= 11 is 0. The van der Waals surface area contributed by atoms with E-state index in [-0.39, 0.29) is 0 Å². The van der Waals surface area contributed by atoms with Gasteiger partial charge in [0.25, 0.3) is 0 Å². The van der Waals surface area contributed by atoms with Crippen molar-refractivity contribution >= 4 is 5.78 Å². The van der Waals surface area contributed by atoms with Crippen LogP contribution in [0, 0.1) is 5.92 Å². The average Bonchev–Trinajstić information content (AvgIpc) is 2.07. The number of ketones is 1. The lowest BCUT2D eigenvalue weighted by atomic mass is 9.86. The third kappa shape index (κ3) is 2.33. The molecule has 0 fully saturated rings. The summed E-state index contributed by atoms with van der Waals surface area (Å²) in [6, 6.07) is 0. The van der Waals surface area contributed by atoms with Crippen LogP contribution in [0.3, 0.4) is 0 Å². The molecular formula is C11H16O. The van der Waals surface area contributed by atoms with Gasteiger partial charge in [0, 0.05) is 6.42 Å². The number of hydrogen-bond donors (Lipinski definition) is 0. The Morgan fingerprint density at radius 1 is 1.75 bits per heavy atom. The lowest BCUT2D eigenvalue weighted by Gasteiger charge is -2.18. The standard InChI is InChI=1S/C11H16O/c1-3-4-5-10-8-11(12)7-6-9(10)2/h3,8-9H,1,4-7H2,2H3/t9-/m1/s1. The molecule has 0 saturated heterocycles. The fourth-order valence-corrected chi connectivity index (χ4v) is 1.55. The Labute approximate surface area is 74.2 Å². The van der Waals surface area contributed by atoms with E-state index in [1.165, 1.54) is 5.57 Å². The molecule has 0 aromatic heterocycles. The van der Waals surface area contributed by atoms with E-state index in [9.17, 15) is 4.79 Å². The molecule has 1 heteroatoms. The summed E-state index contributed by atoms with van der Waals surface area (Å²) in [6.45, 7) is 5.87. The highest BCUT2D eigenvalue weighted by molar-refractivity contribution is 5.91. The lowest BCUT2D eigenvalue weighted by molar-refractivity contribution is -0.115. The molecular weight excluding hydrogens is 148 g/mol. The Hall–Kier alpha value is -0.850. The molecule has 0 heterocycles. The largest absolute Gasteiger partial charge is 0.295 e. The van der Waals surface area contributed by atoms with Crippen LogP contribution >= 0.6 is 0 Å². The zero-order valence-corrected chi connectivity index (χ0v) is 7.68. The van der Waals surface area contributed by atoms with Gasteiger partial charge < -0.3 is 0 Å². The molecule has 0 aromatic carbocycles. The van der Waals surface area contributed by atoms with Gasteiger partial charge in [0.2, 0.25) is 0 Å². The van der Waals surface area contributed by atoms with Crippen LogP contribution in [0.4, 0.5) is 0 Å². The minimum absolute atomic E-state index is 0.298. The second-order valence-electron chi connectivity index (χ2n) is 3.45. The molecule has 66 valence electrons. The van der Waals surface area contributed by atoms with Crippen molar-refractivity contribution in [1.82, 2.24) is 0 Å². The van der Waals surface area contributed by atoms with Gasteiger partial charge in [0.1, 0.15) is 0 Å². The average molecular weight is 164 g/mol. The highest BCUT2D eigenvalue weighted by atomic mass is 16.1. The summed E-state index contributed by atoms with van der Waals surface area (Å²) < 4.78 is 0. The summed E-state index contributed by atoms with van der Waals surface area (Å²) in [5.41, 5.74) is 1.31. The van der Waals surface area contributed by atoms with Crippen LogP contribution in [-0.4, -0.2) is 5.78 Å². The van der Waals surface area contributed by atoms with Crippen molar-refractivity contribution < 1.29 is 4.79 Å². The Morgan fingerprint density at radius 2 is 2.50 bits per heavy atom. The first kappa shape index (κ1) is 9.24. The number of rotatable bonds is 3. The van der Waals surface area contributed by atoms with Gasteiger partial charge in [-0.1, -0.05) is 18.6 Å². The predicted octanol–water partition coefficient (Wildman–Crippen LogP) is 2.88. The molecule has 12 heavy (non-hydrogen) atoms. The fraction of sp³-hybridized carbons (Fsp3) is 0.545. The van der Waals surface area contributed by atoms with Crippen molar-refractivity contribution in [1.29, 1.82) is 0 Å². The van der Waals surface area contributed by atoms with Gasteiger partial charge >= 0.3 is 0 Å². The molecule has 0 radical (unpaired) electrons. The summed E-state index contributed by atoms with van der Waals surface area (Å²) in [5.74, 6) is 0.898. The molecule has 0 aromatic rings. The maximum atomic E-state index is 11.1. The fourth-order valence-electron chi connectivity index (χ4n) is 1.55. The van der Waals surface area contributed by atoms with Crippen molar-refractivity contribution in [3.8, 4) is 0 Å². The van der Waals surface area contributed by atoms with Crippen LogP contribution in [0.1, 0.15) is 32.6 Å². The number of hydrogen-bond acceptors (Lipinski definition) is 1. The van der Waals surface area contributed by atoms with Crippen LogP contribution in [0.5, 0.6) is 0 Å². The SMILES string of the molecule is C=CCCC1=CC(=O)CC[C@H]1C. The Balaban J connectivity index is 2.57. The molecule has 0 bridgehead atoms. The van der Waals surface area contributed by atoms with Gasteiger partial charge in [-0.15, -0.1) is 6.58 Å². The highest BCUT2D eigenvalue weighted by Gasteiger charge is 2.16. The first-order valence-electron chi connectivity index (χ1n) is 4.58. The van der Waals surface area contributed by atoms with Crippen LogP contribution in [-0.2, 0) is 4.79 Å². The first-order valence-corrected chi connectivity index (χ1v) is 4.58. The Kier molecular flexibility index (Phi) is 3.27. The molecule has 1 atom stereocenters. The molecule has 0 unspecified atom stereocenters. The molecule has 0 saturated carbocycles. The van der Waals surface area contributed by atoms with E-state index in [1.54, 1.807) is 0 Å². The Bertz CT molecular complexity index is 213. The molecule has 1 aliphatic rings. The maximum absolute atomic E-state index is 11.1. The normalized spacial score (nSPS) is 23.6. The summed E-state index contributed by atoms with van der Waals surface area (Å²) in [4.78, 5) is 11.1. The van der Waals surface area contributed by atoms with E-state index in [0.717, 1.165) is 25.7 Å². The van der Waals surface area contributed by atoms with Crippen molar-refractivity contribution in [3.05, 3.63) is 24.3 Å². The van der Waals surface area contributed by atoms with Gasteiger partial charge in [-0.3, -0.25) is 4.79 Å². The molecule has 0 aliphatic heterocycles. The smallest absolute Gasteiger partial charge is 0.155 e. The predicted molar refractivity (Wildman–Crippen MR) is 50.9 cm³/mol. The van der Waals surface area contributed by atoms with Crippen LogP contribution in [0.15, 0.2) is 24.3 Å². The second kappa shape index (κ2) is 4.24. The van der Waals surface area contributed by atoms with Crippen LogP contribution in [0.2, 0.25) is 0 Å². The van der Waals surface area contributed by atoms with E-state index in [0.29, 0.717) is 11.7 Å².